The number of H-pyrrole nitrogens is 1. The number of nitrogens with zero attached hydrogens (tertiary/aromatic N) is 2. The van der Waals surface area contributed by atoms with E-state index in [-0.39, 0.29) is 19.0 Å². The van der Waals surface area contributed by atoms with E-state index in [4.69, 9.17) is 5.11 Å². The number of hydrogen-bond acceptors (Lipinski definition) is 4. The highest BCUT2D eigenvalue weighted by Gasteiger charge is 2.21. The fourth-order valence-corrected chi connectivity index (χ4v) is 1.31. The van der Waals surface area contributed by atoms with E-state index in [0.717, 1.165) is 0 Å². The average molecular weight is 255 g/mol. The molecule has 0 spiro atoms. The molecule has 1 aromatic heterocycles. The molecule has 0 atom stereocenters. The SMILES string of the molecule is CC(C)(CCC(=O)O)NC(=O)NCc1ncn[nH]1. The van der Waals surface area contributed by atoms with E-state index in [1.54, 1.807) is 13.8 Å². The van der Waals surface area contributed by atoms with Gasteiger partial charge in [0.05, 0.1) is 6.54 Å². The second-order valence-electron chi connectivity index (χ2n) is 4.52. The summed E-state index contributed by atoms with van der Waals surface area (Å²) >= 11 is 0. The number of aromatic nitrogens is 3. The van der Waals surface area contributed by atoms with E-state index in [1.165, 1.54) is 6.33 Å². The summed E-state index contributed by atoms with van der Waals surface area (Å²) in [6.07, 6.45) is 1.72. The highest BCUT2D eigenvalue weighted by atomic mass is 16.4. The number of aromatic amines is 1. The molecule has 0 bridgehead atoms. The molecular weight excluding hydrogens is 238 g/mol. The summed E-state index contributed by atoms with van der Waals surface area (Å²) in [4.78, 5) is 25.9. The Bertz CT molecular complexity index is 402. The lowest BCUT2D eigenvalue weighted by atomic mass is 9.99. The molecule has 8 heteroatoms. The van der Waals surface area contributed by atoms with Crippen LogP contribution in [0.2, 0.25) is 0 Å². The number of carboxylic acid groups (broad SMARTS) is 1. The fourth-order valence-electron chi connectivity index (χ4n) is 1.31. The lowest BCUT2D eigenvalue weighted by Crippen LogP contribution is -2.48. The molecular formula is C10H17N5O3. The molecule has 0 unspecified atom stereocenters. The van der Waals surface area contributed by atoms with Gasteiger partial charge in [0.15, 0.2) is 0 Å². The van der Waals surface area contributed by atoms with E-state index in [9.17, 15) is 9.59 Å². The Morgan fingerprint density at radius 2 is 2.22 bits per heavy atom. The van der Waals surface area contributed by atoms with Gasteiger partial charge in [0.25, 0.3) is 0 Å². The maximum atomic E-state index is 11.6. The summed E-state index contributed by atoms with van der Waals surface area (Å²) in [5.74, 6) is -0.333. The van der Waals surface area contributed by atoms with Gasteiger partial charge in [0, 0.05) is 12.0 Å². The number of amides is 2. The number of rotatable bonds is 6. The topological polar surface area (TPSA) is 120 Å². The van der Waals surface area contributed by atoms with Crippen LogP contribution in [0.15, 0.2) is 6.33 Å². The molecule has 0 fully saturated rings. The van der Waals surface area contributed by atoms with E-state index in [2.05, 4.69) is 25.8 Å². The van der Waals surface area contributed by atoms with Gasteiger partial charge in [-0.3, -0.25) is 9.89 Å². The van der Waals surface area contributed by atoms with Crippen LogP contribution < -0.4 is 10.6 Å². The third kappa shape index (κ3) is 5.28. The van der Waals surface area contributed by atoms with E-state index in [1.807, 2.05) is 0 Å². The molecule has 0 aliphatic rings. The fraction of sp³-hybridized carbons (Fsp3) is 0.600. The summed E-state index contributed by atoms with van der Waals surface area (Å²) < 4.78 is 0. The quantitative estimate of drug-likeness (QED) is 0.580. The Balaban J connectivity index is 2.31. The Morgan fingerprint density at radius 1 is 1.50 bits per heavy atom. The molecule has 1 heterocycles. The zero-order valence-corrected chi connectivity index (χ0v) is 10.4. The number of urea groups is 1. The van der Waals surface area contributed by atoms with Crippen molar-refractivity contribution < 1.29 is 14.7 Å². The van der Waals surface area contributed by atoms with Gasteiger partial charge >= 0.3 is 12.0 Å². The van der Waals surface area contributed by atoms with Gasteiger partial charge in [0.2, 0.25) is 0 Å². The summed E-state index contributed by atoms with van der Waals surface area (Å²) in [5, 5.41) is 20.2. The maximum Gasteiger partial charge on any atom is 0.315 e. The number of hydrogen-bond donors (Lipinski definition) is 4. The first-order valence-corrected chi connectivity index (χ1v) is 5.51. The Labute approximate surface area is 104 Å². The molecule has 0 saturated heterocycles. The summed E-state index contributed by atoms with van der Waals surface area (Å²) in [6, 6.07) is -0.373. The van der Waals surface area contributed by atoms with Gasteiger partial charge < -0.3 is 15.7 Å². The van der Waals surface area contributed by atoms with Crippen LogP contribution in [0.3, 0.4) is 0 Å². The van der Waals surface area contributed by atoms with Crippen LogP contribution >= 0.6 is 0 Å². The third-order valence-corrected chi connectivity index (χ3v) is 2.30. The molecule has 1 rings (SSSR count). The predicted molar refractivity (Wildman–Crippen MR) is 62.7 cm³/mol. The zero-order valence-electron chi connectivity index (χ0n) is 10.4. The van der Waals surface area contributed by atoms with Gasteiger partial charge in [0.1, 0.15) is 12.2 Å². The molecule has 100 valence electrons. The van der Waals surface area contributed by atoms with Crippen LogP contribution in [-0.4, -0.2) is 37.8 Å². The van der Waals surface area contributed by atoms with Gasteiger partial charge in [-0.2, -0.15) is 5.10 Å². The van der Waals surface area contributed by atoms with E-state index < -0.39 is 11.5 Å². The second-order valence-corrected chi connectivity index (χ2v) is 4.52. The molecule has 18 heavy (non-hydrogen) atoms. The van der Waals surface area contributed by atoms with Crippen molar-refractivity contribution in [2.45, 2.75) is 38.8 Å². The van der Waals surface area contributed by atoms with Crippen molar-refractivity contribution in [2.75, 3.05) is 0 Å². The smallest absolute Gasteiger partial charge is 0.315 e. The van der Waals surface area contributed by atoms with Gasteiger partial charge in [-0.15, -0.1) is 0 Å². The van der Waals surface area contributed by atoms with Crippen molar-refractivity contribution in [3.63, 3.8) is 0 Å². The standard InChI is InChI=1S/C10H17N5O3/c1-10(2,4-3-8(16)17)14-9(18)11-5-7-12-6-13-15-7/h6H,3-5H2,1-2H3,(H,16,17)(H2,11,14,18)(H,12,13,15). The molecule has 2 amide bonds. The first-order chi connectivity index (χ1) is 8.39. The number of carbonyl (C=O) groups is 2. The van der Waals surface area contributed by atoms with Crippen molar-refractivity contribution >= 4 is 12.0 Å². The molecule has 8 nitrogen and oxygen atoms in total. The first-order valence-electron chi connectivity index (χ1n) is 5.51. The van der Waals surface area contributed by atoms with Gasteiger partial charge in [-0.1, -0.05) is 0 Å². The van der Waals surface area contributed by atoms with Crippen LogP contribution in [0.4, 0.5) is 4.79 Å². The number of aliphatic carboxylic acids is 1. The highest BCUT2D eigenvalue weighted by molar-refractivity contribution is 5.74. The molecule has 4 N–H and O–H groups in total. The number of nitrogens with one attached hydrogen (secondary N) is 3. The number of carbonyl (C=O) groups excluding carboxylic acids is 1. The average Bonchev–Trinajstić information content (AvgIpc) is 2.76. The van der Waals surface area contributed by atoms with Crippen LogP contribution in [0.25, 0.3) is 0 Å². The van der Waals surface area contributed by atoms with Crippen molar-refractivity contribution in [1.29, 1.82) is 0 Å². The molecule has 0 aliphatic carbocycles. The summed E-state index contributed by atoms with van der Waals surface area (Å²) in [7, 11) is 0. The van der Waals surface area contributed by atoms with Gasteiger partial charge in [-0.05, 0) is 20.3 Å². The van der Waals surface area contributed by atoms with Crippen molar-refractivity contribution in [3.05, 3.63) is 12.2 Å². The van der Waals surface area contributed by atoms with E-state index in [0.29, 0.717) is 12.2 Å². The lowest BCUT2D eigenvalue weighted by Gasteiger charge is -2.25. The predicted octanol–water partition coefficient (Wildman–Crippen LogP) is 0.247. The van der Waals surface area contributed by atoms with Gasteiger partial charge in [-0.25, -0.2) is 9.78 Å². The van der Waals surface area contributed by atoms with Crippen molar-refractivity contribution in [3.8, 4) is 0 Å². The largest absolute Gasteiger partial charge is 0.481 e. The molecule has 1 aromatic rings. The number of carboxylic acids is 1. The highest BCUT2D eigenvalue weighted by Crippen LogP contribution is 2.10. The maximum absolute atomic E-state index is 11.6. The van der Waals surface area contributed by atoms with E-state index >= 15 is 0 Å². The minimum absolute atomic E-state index is 0.00931. The summed E-state index contributed by atoms with van der Waals surface area (Å²) in [6.45, 7) is 3.77. The van der Waals surface area contributed by atoms with Crippen molar-refractivity contribution in [2.24, 2.45) is 0 Å². The molecule has 0 aliphatic heterocycles. The summed E-state index contributed by atoms with van der Waals surface area (Å²) in [5.41, 5.74) is -0.579. The molecule has 0 saturated carbocycles. The molecule has 0 aromatic carbocycles. The van der Waals surface area contributed by atoms with Crippen LogP contribution in [0, 0.1) is 0 Å². The van der Waals surface area contributed by atoms with Crippen LogP contribution in [0.5, 0.6) is 0 Å². The third-order valence-electron chi connectivity index (χ3n) is 2.30. The first kappa shape index (κ1) is 13.9. The minimum Gasteiger partial charge on any atom is -0.481 e. The zero-order chi connectivity index (χ0) is 13.6. The van der Waals surface area contributed by atoms with Crippen LogP contribution in [-0.2, 0) is 11.3 Å². The molecule has 0 radical (unpaired) electrons. The Morgan fingerprint density at radius 3 is 2.78 bits per heavy atom. The minimum atomic E-state index is -0.882. The normalized spacial score (nSPS) is 11.0. The van der Waals surface area contributed by atoms with Crippen molar-refractivity contribution in [1.82, 2.24) is 25.8 Å². The van der Waals surface area contributed by atoms with Crippen LogP contribution in [0.1, 0.15) is 32.5 Å². The Hall–Kier alpha value is -2.12. The second kappa shape index (κ2) is 5.99. The Kier molecular flexibility index (Phi) is 4.64. The lowest BCUT2D eigenvalue weighted by molar-refractivity contribution is -0.137. The monoisotopic (exact) mass is 255 g/mol.